The van der Waals surface area contributed by atoms with Gasteiger partial charge in [0.15, 0.2) is 0 Å². The number of carbonyl (C=O) groups excluding carboxylic acids is 1. The second-order valence-electron chi connectivity index (χ2n) is 7.64. The maximum Gasteiger partial charge on any atom is 0.220 e. The Kier molecular flexibility index (Phi) is 9.13. The van der Waals surface area contributed by atoms with Crippen molar-refractivity contribution in [2.24, 2.45) is 11.8 Å². The lowest BCUT2D eigenvalue weighted by molar-refractivity contribution is -0.122. The van der Waals surface area contributed by atoms with E-state index in [9.17, 15) is 4.79 Å². The molecule has 1 aromatic carbocycles. The Morgan fingerprint density at radius 3 is 2.46 bits per heavy atom. The van der Waals surface area contributed by atoms with Crippen molar-refractivity contribution in [2.75, 3.05) is 32.7 Å². The van der Waals surface area contributed by atoms with Crippen LogP contribution in [0.2, 0.25) is 0 Å². The van der Waals surface area contributed by atoms with Crippen molar-refractivity contribution in [1.82, 2.24) is 15.5 Å². The molecule has 26 heavy (non-hydrogen) atoms. The summed E-state index contributed by atoms with van der Waals surface area (Å²) in [7, 11) is 0. The Morgan fingerprint density at radius 1 is 1.19 bits per heavy atom. The maximum absolute atomic E-state index is 12.5. The molecule has 146 valence electrons. The van der Waals surface area contributed by atoms with Crippen LogP contribution in [0, 0.1) is 11.8 Å². The van der Waals surface area contributed by atoms with E-state index >= 15 is 0 Å². The number of hydrogen-bond acceptors (Lipinski definition) is 3. The van der Waals surface area contributed by atoms with Crippen molar-refractivity contribution >= 4 is 5.91 Å². The number of nitrogens with zero attached hydrogens (tertiary/aromatic N) is 1. The number of nitrogens with one attached hydrogen (secondary N) is 2. The largest absolute Gasteiger partial charge is 0.355 e. The topological polar surface area (TPSA) is 44.4 Å². The van der Waals surface area contributed by atoms with E-state index < -0.39 is 0 Å². The molecular weight excluding hydrogens is 322 g/mol. The van der Waals surface area contributed by atoms with Crippen LogP contribution in [-0.4, -0.2) is 49.6 Å². The molecule has 0 bridgehead atoms. The number of piperidine rings is 1. The summed E-state index contributed by atoms with van der Waals surface area (Å²) in [5, 5.41) is 6.63. The van der Waals surface area contributed by atoms with Crippen molar-refractivity contribution in [3.8, 4) is 0 Å². The minimum atomic E-state index is 0.209. The van der Waals surface area contributed by atoms with Gasteiger partial charge in [0.1, 0.15) is 0 Å². The Bertz CT molecular complexity index is 509. The highest BCUT2D eigenvalue weighted by atomic mass is 16.1. The maximum atomic E-state index is 12.5. The van der Waals surface area contributed by atoms with E-state index in [1.807, 2.05) is 0 Å². The predicted octanol–water partition coefficient (Wildman–Crippen LogP) is 3.08. The first-order chi connectivity index (χ1) is 12.6. The van der Waals surface area contributed by atoms with Gasteiger partial charge in [0, 0.05) is 19.0 Å². The first kappa shape index (κ1) is 20.9. The molecule has 1 aromatic rings. The smallest absolute Gasteiger partial charge is 0.220 e. The molecule has 1 saturated heterocycles. The monoisotopic (exact) mass is 359 g/mol. The van der Waals surface area contributed by atoms with Gasteiger partial charge in [-0.3, -0.25) is 9.69 Å². The fourth-order valence-electron chi connectivity index (χ4n) is 4.13. The molecule has 1 heterocycles. The highest BCUT2D eigenvalue weighted by Gasteiger charge is 2.23. The van der Waals surface area contributed by atoms with Crippen molar-refractivity contribution in [3.63, 3.8) is 0 Å². The minimum Gasteiger partial charge on any atom is -0.355 e. The van der Waals surface area contributed by atoms with E-state index in [4.69, 9.17) is 0 Å². The van der Waals surface area contributed by atoms with Gasteiger partial charge in [-0.2, -0.15) is 0 Å². The van der Waals surface area contributed by atoms with Gasteiger partial charge in [-0.1, -0.05) is 51.1 Å². The fourth-order valence-corrected chi connectivity index (χ4v) is 4.13. The number of amides is 1. The second kappa shape index (κ2) is 11.3. The number of likely N-dealkylation sites (N-methyl/N-ethyl adjacent to an activating group) is 1. The highest BCUT2D eigenvalue weighted by molar-refractivity contribution is 5.76. The van der Waals surface area contributed by atoms with Crippen LogP contribution in [0.3, 0.4) is 0 Å². The quantitative estimate of drug-likeness (QED) is 0.675. The molecule has 2 unspecified atom stereocenters. The predicted molar refractivity (Wildman–Crippen MR) is 109 cm³/mol. The highest BCUT2D eigenvalue weighted by Crippen LogP contribution is 2.24. The van der Waals surface area contributed by atoms with E-state index in [1.165, 1.54) is 18.4 Å². The van der Waals surface area contributed by atoms with E-state index in [0.29, 0.717) is 24.3 Å². The third kappa shape index (κ3) is 6.73. The lowest BCUT2D eigenvalue weighted by Gasteiger charge is -2.31. The summed E-state index contributed by atoms with van der Waals surface area (Å²) < 4.78 is 0. The first-order valence-corrected chi connectivity index (χ1v) is 10.4. The lowest BCUT2D eigenvalue weighted by atomic mass is 9.84. The van der Waals surface area contributed by atoms with Crippen LogP contribution in [0.5, 0.6) is 0 Å². The molecule has 4 nitrogen and oxygen atoms in total. The molecule has 1 fully saturated rings. The molecule has 0 radical (unpaired) electrons. The van der Waals surface area contributed by atoms with E-state index in [2.05, 4.69) is 66.6 Å². The number of hydrogen-bond donors (Lipinski definition) is 2. The van der Waals surface area contributed by atoms with E-state index in [-0.39, 0.29) is 5.91 Å². The molecule has 4 heteroatoms. The second-order valence-corrected chi connectivity index (χ2v) is 7.64. The molecule has 0 saturated carbocycles. The van der Waals surface area contributed by atoms with Gasteiger partial charge in [0.05, 0.1) is 0 Å². The van der Waals surface area contributed by atoms with Crippen LogP contribution in [0.15, 0.2) is 30.3 Å². The van der Waals surface area contributed by atoms with Gasteiger partial charge in [0.2, 0.25) is 5.91 Å². The normalized spacial score (nSPS) is 17.8. The number of carbonyl (C=O) groups is 1. The molecule has 2 rings (SSSR count). The summed E-state index contributed by atoms with van der Waals surface area (Å²) in [4.78, 5) is 15.0. The standard InChI is InChI=1S/C22H37N3O/c1-4-25(5-2)21(16-19-9-7-6-8-10-19)17-24-22(26)15-18(3)20-11-13-23-14-12-20/h6-10,18,20-21,23H,4-5,11-17H2,1-3H3,(H,24,26). The Hall–Kier alpha value is -1.39. The van der Waals surface area contributed by atoms with E-state index in [1.54, 1.807) is 0 Å². The van der Waals surface area contributed by atoms with Crippen molar-refractivity contribution in [3.05, 3.63) is 35.9 Å². The Labute approximate surface area is 159 Å². The van der Waals surface area contributed by atoms with Gasteiger partial charge in [-0.25, -0.2) is 0 Å². The summed E-state index contributed by atoms with van der Waals surface area (Å²) in [5.74, 6) is 1.37. The third-order valence-electron chi connectivity index (χ3n) is 5.87. The number of benzene rings is 1. The average molecular weight is 360 g/mol. The van der Waals surface area contributed by atoms with Gasteiger partial charge >= 0.3 is 0 Å². The van der Waals surface area contributed by atoms with Crippen molar-refractivity contribution in [1.29, 1.82) is 0 Å². The Balaban J connectivity index is 1.85. The molecular formula is C22H37N3O. The Morgan fingerprint density at radius 2 is 1.85 bits per heavy atom. The van der Waals surface area contributed by atoms with Gasteiger partial charge in [-0.05, 0) is 62.8 Å². The van der Waals surface area contributed by atoms with Crippen LogP contribution in [-0.2, 0) is 11.2 Å². The zero-order chi connectivity index (χ0) is 18.8. The SMILES string of the molecule is CCN(CC)C(CNC(=O)CC(C)C1CCNCC1)Cc1ccccc1. The molecule has 0 aliphatic carbocycles. The van der Waals surface area contributed by atoms with Crippen molar-refractivity contribution < 1.29 is 4.79 Å². The van der Waals surface area contributed by atoms with Crippen LogP contribution in [0.25, 0.3) is 0 Å². The summed E-state index contributed by atoms with van der Waals surface area (Å²) in [6.07, 6.45) is 4.03. The van der Waals surface area contributed by atoms with E-state index in [0.717, 1.165) is 39.1 Å². The minimum absolute atomic E-state index is 0.209. The summed E-state index contributed by atoms with van der Waals surface area (Å²) in [5.41, 5.74) is 1.33. The molecule has 1 amide bonds. The number of rotatable bonds is 10. The zero-order valence-corrected chi connectivity index (χ0v) is 16.8. The molecule has 0 aromatic heterocycles. The van der Waals surface area contributed by atoms with Gasteiger partial charge in [-0.15, -0.1) is 0 Å². The molecule has 0 spiro atoms. The lowest BCUT2D eigenvalue weighted by Crippen LogP contribution is -2.45. The van der Waals surface area contributed by atoms with Crippen LogP contribution in [0.1, 0.15) is 45.6 Å². The fraction of sp³-hybridized carbons (Fsp3) is 0.682. The third-order valence-corrected chi connectivity index (χ3v) is 5.87. The molecule has 1 aliphatic rings. The van der Waals surface area contributed by atoms with Crippen LogP contribution < -0.4 is 10.6 Å². The summed E-state index contributed by atoms with van der Waals surface area (Å²) >= 11 is 0. The summed E-state index contributed by atoms with van der Waals surface area (Å²) in [6.45, 7) is 11.6. The molecule has 1 aliphatic heterocycles. The zero-order valence-electron chi connectivity index (χ0n) is 16.8. The first-order valence-electron chi connectivity index (χ1n) is 10.4. The molecule has 2 N–H and O–H groups in total. The van der Waals surface area contributed by atoms with Gasteiger partial charge < -0.3 is 10.6 Å². The molecule has 2 atom stereocenters. The van der Waals surface area contributed by atoms with Gasteiger partial charge in [0.25, 0.3) is 0 Å². The van der Waals surface area contributed by atoms with Crippen LogP contribution >= 0.6 is 0 Å². The van der Waals surface area contributed by atoms with Crippen molar-refractivity contribution in [2.45, 2.75) is 52.5 Å². The average Bonchev–Trinajstić information content (AvgIpc) is 2.68. The van der Waals surface area contributed by atoms with Crippen LogP contribution in [0.4, 0.5) is 0 Å². The summed E-state index contributed by atoms with van der Waals surface area (Å²) in [6, 6.07) is 10.9.